The summed E-state index contributed by atoms with van der Waals surface area (Å²) in [7, 11) is 3.30. The molecule has 1 saturated heterocycles. The largest absolute Gasteiger partial charge is 0.497 e. The molecule has 1 aliphatic rings. The van der Waals surface area contributed by atoms with E-state index in [4.69, 9.17) is 14.2 Å². The standard InChI is InChI=1S/C27H29NO4/c1-30-22-15-16-25(31-2)23(18-22)24-14-9-17-28(24)26(29)19-32-27(20-10-5-3-6-11-20)21-12-7-4-8-13-21/h3-8,10-13,15-16,18,24,27H,9,14,17,19H2,1-2H3. The van der Waals surface area contributed by atoms with Gasteiger partial charge in [0.25, 0.3) is 0 Å². The lowest BCUT2D eigenvalue weighted by Gasteiger charge is -2.28. The van der Waals surface area contributed by atoms with Crippen molar-refractivity contribution in [2.75, 3.05) is 27.4 Å². The highest BCUT2D eigenvalue weighted by atomic mass is 16.5. The summed E-state index contributed by atoms with van der Waals surface area (Å²) in [5.74, 6) is 1.50. The molecule has 32 heavy (non-hydrogen) atoms. The predicted molar refractivity (Wildman–Crippen MR) is 124 cm³/mol. The van der Waals surface area contributed by atoms with Crippen LogP contribution < -0.4 is 9.47 Å². The van der Waals surface area contributed by atoms with E-state index in [-0.39, 0.29) is 24.7 Å². The summed E-state index contributed by atoms with van der Waals surface area (Å²) in [6.45, 7) is 0.714. The van der Waals surface area contributed by atoms with E-state index in [1.807, 2.05) is 83.8 Å². The van der Waals surface area contributed by atoms with Gasteiger partial charge in [0.1, 0.15) is 24.2 Å². The number of benzene rings is 3. The second-order valence-corrected chi connectivity index (χ2v) is 7.87. The molecule has 0 radical (unpaired) electrons. The first-order chi connectivity index (χ1) is 15.7. The third-order valence-corrected chi connectivity index (χ3v) is 5.95. The van der Waals surface area contributed by atoms with Crippen molar-refractivity contribution in [2.24, 2.45) is 0 Å². The summed E-state index contributed by atoms with van der Waals surface area (Å²) < 4.78 is 17.2. The number of ether oxygens (including phenoxy) is 3. The van der Waals surface area contributed by atoms with Gasteiger partial charge in [-0.25, -0.2) is 0 Å². The lowest BCUT2D eigenvalue weighted by molar-refractivity contribution is -0.138. The molecule has 1 heterocycles. The summed E-state index contributed by atoms with van der Waals surface area (Å²) in [6, 6.07) is 25.7. The highest BCUT2D eigenvalue weighted by molar-refractivity contribution is 5.78. The van der Waals surface area contributed by atoms with E-state index in [9.17, 15) is 4.79 Å². The Morgan fingerprint density at radius 2 is 1.59 bits per heavy atom. The Bertz CT molecular complexity index is 983. The zero-order valence-electron chi connectivity index (χ0n) is 18.6. The molecular formula is C27H29NO4. The van der Waals surface area contributed by atoms with Crippen LogP contribution in [0.4, 0.5) is 0 Å². The zero-order chi connectivity index (χ0) is 22.3. The number of rotatable bonds is 8. The molecule has 0 spiro atoms. The first-order valence-electron chi connectivity index (χ1n) is 10.9. The Kier molecular flexibility index (Phi) is 7.07. The number of amides is 1. The van der Waals surface area contributed by atoms with Crippen molar-refractivity contribution in [1.29, 1.82) is 0 Å². The number of hydrogen-bond donors (Lipinski definition) is 0. The second-order valence-electron chi connectivity index (χ2n) is 7.87. The molecule has 0 bridgehead atoms. The molecule has 1 aliphatic heterocycles. The van der Waals surface area contributed by atoms with Crippen LogP contribution in [0, 0.1) is 0 Å². The van der Waals surface area contributed by atoms with Crippen molar-refractivity contribution in [2.45, 2.75) is 25.0 Å². The smallest absolute Gasteiger partial charge is 0.249 e. The van der Waals surface area contributed by atoms with Gasteiger partial charge in [0.05, 0.1) is 20.3 Å². The Morgan fingerprint density at radius 3 is 2.19 bits per heavy atom. The molecule has 1 atom stereocenters. The Balaban J connectivity index is 1.52. The number of likely N-dealkylation sites (tertiary alicyclic amines) is 1. The van der Waals surface area contributed by atoms with E-state index in [1.54, 1.807) is 14.2 Å². The maximum atomic E-state index is 13.3. The molecular weight excluding hydrogens is 402 g/mol. The number of hydrogen-bond acceptors (Lipinski definition) is 4. The molecule has 1 fully saturated rings. The van der Waals surface area contributed by atoms with Gasteiger partial charge in [-0.2, -0.15) is 0 Å². The van der Waals surface area contributed by atoms with Gasteiger partial charge in [0, 0.05) is 12.1 Å². The molecule has 1 unspecified atom stereocenters. The van der Waals surface area contributed by atoms with Crippen LogP contribution in [0.2, 0.25) is 0 Å². The van der Waals surface area contributed by atoms with Crippen molar-refractivity contribution < 1.29 is 19.0 Å². The van der Waals surface area contributed by atoms with Gasteiger partial charge < -0.3 is 19.1 Å². The molecule has 3 aromatic carbocycles. The van der Waals surface area contributed by atoms with E-state index >= 15 is 0 Å². The molecule has 5 heteroatoms. The number of carbonyl (C=O) groups excluding carboxylic acids is 1. The average molecular weight is 432 g/mol. The molecule has 0 aromatic heterocycles. The molecule has 1 amide bonds. The third-order valence-electron chi connectivity index (χ3n) is 5.95. The van der Waals surface area contributed by atoms with Crippen molar-refractivity contribution >= 4 is 5.91 Å². The highest BCUT2D eigenvalue weighted by Crippen LogP contribution is 2.39. The van der Waals surface area contributed by atoms with Crippen molar-refractivity contribution in [1.82, 2.24) is 4.90 Å². The van der Waals surface area contributed by atoms with Crippen LogP contribution in [0.15, 0.2) is 78.9 Å². The molecule has 0 aliphatic carbocycles. The molecule has 3 aromatic rings. The van der Waals surface area contributed by atoms with E-state index < -0.39 is 0 Å². The molecule has 0 N–H and O–H groups in total. The first-order valence-corrected chi connectivity index (χ1v) is 10.9. The first kappa shape index (κ1) is 21.9. The van der Waals surface area contributed by atoms with Gasteiger partial charge in [0.15, 0.2) is 0 Å². The van der Waals surface area contributed by atoms with Crippen LogP contribution in [0.5, 0.6) is 11.5 Å². The van der Waals surface area contributed by atoms with Crippen molar-refractivity contribution in [3.8, 4) is 11.5 Å². The Hall–Kier alpha value is -3.31. The van der Waals surface area contributed by atoms with Crippen molar-refractivity contribution in [3.05, 3.63) is 95.6 Å². The summed E-state index contributed by atoms with van der Waals surface area (Å²) in [5, 5.41) is 0. The molecule has 5 nitrogen and oxygen atoms in total. The predicted octanol–water partition coefficient (Wildman–Crippen LogP) is 5.17. The fourth-order valence-corrected chi connectivity index (χ4v) is 4.37. The maximum Gasteiger partial charge on any atom is 0.249 e. The fourth-order valence-electron chi connectivity index (χ4n) is 4.37. The number of methoxy groups -OCH3 is 2. The van der Waals surface area contributed by atoms with Crippen LogP contribution in [0.25, 0.3) is 0 Å². The average Bonchev–Trinajstić information content (AvgIpc) is 3.35. The summed E-state index contributed by atoms with van der Waals surface area (Å²) in [5.41, 5.74) is 3.03. The lowest BCUT2D eigenvalue weighted by atomic mass is 10.0. The highest BCUT2D eigenvalue weighted by Gasteiger charge is 2.32. The topological polar surface area (TPSA) is 48.0 Å². The van der Waals surface area contributed by atoms with Gasteiger partial charge in [0.2, 0.25) is 5.91 Å². The number of carbonyl (C=O) groups is 1. The van der Waals surface area contributed by atoms with Gasteiger partial charge in [-0.1, -0.05) is 60.7 Å². The molecule has 0 saturated carbocycles. The van der Waals surface area contributed by atoms with Gasteiger partial charge in [-0.3, -0.25) is 4.79 Å². The third kappa shape index (κ3) is 4.78. The minimum absolute atomic E-state index is 0.0112. The Morgan fingerprint density at radius 1 is 0.938 bits per heavy atom. The van der Waals surface area contributed by atoms with Crippen LogP contribution in [-0.2, 0) is 9.53 Å². The van der Waals surface area contributed by atoms with Crippen molar-refractivity contribution in [3.63, 3.8) is 0 Å². The summed E-state index contributed by atoms with van der Waals surface area (Å²) in [6.07, 6.45) is 1.53. The van der Waals surface area contributed by atoms with Gasteiger partial charge >= 0.3 is 0 Å². The number of nitrogens with zero attached hydrogens (tertiary/aromatic N) is 1. The van der Waals surface area contributed by atoms with Gasteiger partial charge in [-0.05, 0) is 42.2 Å². The van der Waals surface area contributed by atoms with Crippen LogP contribution in [0.1, 0.15) is 41.7 Å². The van der Waals surface area contributed by atoms with E-state index in [1.165, 1.54) is 0 Å². The monoisotopic (exact) mass is 431 g/mol. The lowest BCUT2D eigenvalue weighted by Crippen LogP contribution is -2.34. The summed E-state index contributed by atoms with van der Waals surface area (Å²) >= 11 is 0. The SMILES string of the molecule is COc1ccc(OC)c(C2CCCN2C(=O)COC(c2ccccc2)c2ccccc2)c1. The minimum atomic E-state index is -0.297. The molecule has 4 rings (SSSR count). The van der Waals surface area contributed by atoms with E-state index in [0.29, 0.717) is 6.54 Å². The quantitative estimate of drug-likeness (QED) is 0.493. The zero-order valence-corrected chi connectivity index (χ0v) is 18.6. The summed E-state index contributed by atoms with van der Waals surface area (Å²) in [4.78, 5) is 15.2. The normalized spacial score (nSPS) is 15.7. The van der Waals surface area contributed by atoms with Crippen LogP contribution >= 0.6 is 0 Å². The maximum absolute atomic E-state index is 13.3. The van der Waals surface area contributed by atoms with Gasteiger partial charge in [-0.15, -0.1) is 0 Å². The fraction of sp³-hybridized carbons (Fsp3) is 0.296. The minimum Gasteiger partial charge on any atom is -0.497 e. The van der Waals surface area contributed by atoms with Crippen LogP contribution in [0.3, 0.4) is 0 Å². The second kappa shape index (κ2) is 10.3. The van der Waals surface area contributed by atoms with E-state index in [2.05, 4.69) is 0 Å². The Labute approximate surface area is 189 Å². The molecule has 166 valence electrons. The van der Waals surface area contributed by atoms with Crippen LogP contribution in [-0.4, -0.2) is 38.2 Å². The van der Waals surface area contributed by atoms with E-state index in [0.717, 1.165) is 41.0 Å².